The molecular weight excluding hydrogens is 328 g/mol. The normalized spacial score (nSPS) is 10.6. The van der Waals surface area contributed by atoms with Gasteiger partial charge >= 0.3 is 0 Å². The van der Waals surface area contributed by atoms with Crippen LogP contribution in [-0.2, 0) is 0 Å². The number of hydrogen-bond donors (Lipinski definition) is 1. The summed E-state index contributed by atoms with van der Waals surface area (Å²) < 4.78 is 27.9. The molecule has 9 heteroatoms. The molecule has 0 radical (unpaired) electrons. The third-order valence-electron chi connectivity index (χ3n) is 2.98. The molecule has 0 aliphatic carbocycles. The second kappa shape index (κ2) is 6.09. The first kappa shape index (κ1) is 15.0. The maximum Gasteiger partial charge on any atom is 0.257 e. The zero-order valence-corrected chi connectivity index (χ0v) is 12.1. The number of nitrogens with zero attached hydrogens (tertiary/aromatic N) is 4. The van der Waals surface area contributed by atoms with Crippen LogP contribution in [0.4, 0.5) is 14.5 Å². The Morgan fingerprint density at radius 1 is 1.17 bits per heavy atom. The van der Waals surface area contributed by atoms with Crippen molar-refractivity contribution in [3.63, 3.8) is 0 Å². The van der Waals surface area contributed by atoms with Crippen molar-refractivity contribution >= 4 is 23.2 Å². The van der Waals surface area contributed by atoms with Gasteiger partial charge in [0.1, 0.15) is 18.0 Å². The van der Waals surface area contributed by atoms with E-state index >= 15 is 0 Å². The lowest BCUT2D eigenvalue weighted by atomic mass is 10.1. The summed E-state index contributed by atoms with van der Waals surface area (Å²) in [6.07, 6.45) is 1.28. The van der Waals surface area contributed by atoms with Crippen molar-refractivity contribution < 1.29 is 13.6 Å². The van der Waals surface area contributed by atoms with E-state index < -0.39 is 17.5 Å². The smallest absolute Gasteiger partial charge is 0.257 e. The molecule has 116 valence electrons. The summed E-state index contributed by atoms with van der Waals surface area (Å²) in [5.41, 5.74) is 0.577. The Balaban J connectivity index is 1.95. The number of benzene rings is 2. The summed E-state index contributed by atoms with van der Waals surface area (Å²) in [5, 5.41) is 13.0. The quantitative estimate of drug-likeness (QED) is 0.799. The highest BCUT2D eigenvalue weighted by atomic mass is 35.5. The van der Waals surface area contributed by atoms with Crippen LogP contribution in [-0.4, -0.2) is 26.1 Å². The minimum absolute atomic E-state index is 0.0118. The Kier molecular flexibility index (Phi) is 3.98. The van der Waals surface area contributed by atoms with E-state index in [0.29, 0.717) is 5.69 Å². The predicted octanol–water partition coefficient (Wildman–Crippen LogP) is 2.85. The molecule has 1 N–H and O–H groups in total. The molecule has 0 unspecified atom stereocenters. The van der Waals surface area contributed by atoms with Gasteiger partial charge in [0.15, 0.2) is 0 Å². The highest BCUT2D eigenvalue weighted by Gasteiger charge is 2.16. The van der Waals surface area contributed by atoms with Crippen LogP contribution < -0.4 is 5.32 Å². The van der Waals surface area contributed by atoms with E-state index in [1.54, 1.807) is 0 Å². The van der Waals surface area contributed by atoms with Crippen molar-refractivity contribution in [3.05, 3.63) is 64.9 Å². The minimum atomic E-state index is -0.613. The number of halogens is 3. The molecule has 0 aliphatic rings. The summed E-state index contributed by atoms with van der Waals surface area (Å²) >= 11 is 5.66. The van der Waals surface area contributed by atoms with Crippen LogP contribution in [0.25, 0.3) is 5.69 Å². The Labute approximate surface area is 133 Å². The van der Waals surface area contributed by atoms with Crippen molar-refractivity contribution in [1.82, 2.24) is 20.2 Å². The number of aromatic nitrogens is 4. The van der Waals surface area contributed by atoms with Crippen LogP contribution in [0, 0.1) is 11.6 Å². The van der Waals surface area contributed by atoms with Gasteiger partial charge in [-0.05, 0) is 46.8 Å². The molecule has 0 spiro atoms. The number of amides is 1. The van der Waals surface area contributed by atoms with Crippen LogP contribution >= 0.6 is 11.6 Å². The van der Waals surface area contributed by atoms with Crippen LogP contribution in [0.5, 0.6) is 0 Å². The Bertz CT molecular complexity index is 870. The fraction of sp³-hybridized carbons (Fsp3) is 0. The summed E-state index contributed by atoms with van der Waals surface area (Å²) in [7, 11) is 0. The van der Waals surface area contributed by atoms with E-state index in [0.717, 1.165) is 12.1 Å². The van der Waals surface area contributed by atoms with Crippen LogP contribution in [0.15, 0.2) is 42.7 Å². The Morgan fingerprint density at radius 2 is 2.00 bits per heavy atom. The third kappa shape index (κ3) is 3.16. The van der Waals surface area contributed by atoms with Gasteiger partial charge in [-0.25, -0.2) is 8.78 Å². The molecule has 0 bridgehead atoms. The maximum atomic E-state index is 13.5. The molecule has 23 heavy (non-hydrogen) atoms. The molecule has 0 atom stereocenters. The van der Waals surface area contributed by atoms with E-state index in [1.165, 1.54) is 35.3 Å². The number of carbonyl (C=O) groups excluding carboxylic acids is 1. The second-order valence-electron chi connectivity index (χ2n) is 4.50. The Morgan fingerprint density at radius 3 is 2.70 bits per heavy atom. The predicted molar refractivity (Wildman–Crippen MR) is 78.5 cm³/mol. The van der Waals surface area contributed by atoms with Gasteiger partial charge in [0.2, 0.25) is 0 Å². The van der Waals surface area contributed by atoms with Gasteiger partial charge in [0.25, 0.3) is 5.91 Å². The molecule has 1 amide bonds. The van der Waals surface area contributed by atoms with Crippen molar-refractivity contribution in [2.45, 2.75) is 0 Å². The lowest BCUT2D eigenvalue weighted by Crippen LogP contribution is -2.16. The number of tetrazole rings is 1. The third-order valence-corrected chi connectivity index (χ3v) is 3.27. The van der Waals surface area contributed by atoms with Crippen molar-refractivity contribution in [1.29, 1.82) is 0 Å². The topological polar surface area (TPSA) is 72.7 Å². The van der Waals surface area contributed by atoms with Crippen LogP contribution in [0.1, 0.15) is 10.4 Å². The summed E-state index contributed by atoms with van der Waals surface area (Å²) in [6.45, 7) is 0. The number of rotatable bonds is 3. The average Bonchev–Trinajstić information content (AvgIpc) is 3.05. The molecule has 0 saturated carbocycles. The molecule has 2 aromatic carbocycles. The van der Waals surface area contributed by atoms with Crippen molar-refractivity contribution in [2.75, 3.05) is 5.32 Å². The van der Waals surface area contributed by atoms with Crippen LogP contribution in [0.2, 0.25) is 5.02 Å². The van der Waals surface area contributed by atoms with Crippen molar-refractivity contribution in [3.8, 4) is 5.69 Å². The highest BCUT2D eigenvalue weighted by Crippen LogP contribution is 2.21. The van der Waals surface area contributed by atoms with E-state index in [4.69, 9.17) is 11.6 Å². The SMILES string of the molecule is O=C(Nc1ccc(F)c(Cl)c1)c1cc(F)ccc1-n1cnnn1. The summed E-state index contributed by atoms with van der Waals surface area (Å²) in [4.78, 5) is 12.4. The number of nitrogens with one attached hydrogen (secondary N) is 1. The van der Waals surface area contributed by atoms with E-state index in [9.17, 15) is 13.6 Å². The maximum absolute atomic E-state index is 13.5. The lowest BCUT2D eigenvalue weighted by Gasteiger charge is -2.10. The highest BCUT2D eigenvalue weighted by molar-refractivity contribution is 6.31. The van der Waals surface area contributed by atoms with Gasteiger partial charge in [0, 0.05) is 5.69 Å². The summed E-state index contributed by atoms with van der Waals surface area (Å²) in [5.74, 6) is -1.81. The van der Waals surface area contributed by atoms with Crippen molar-refractivity contribution in [2.24, 2.45) is 0 Å². The fourth-order valence-electron chi connectivity index (χ4n) is 1.93. The number of hydrogen-bond acceptors (Lipinski definition) is 4. The molecular formula is C14H8ClF2N5O. The van der Waals surface area contributed by atoms with Gasteiger partial charge in [-0.1, -0.05) is 11.6 Å². The molecule has 3 aromatic rings. The zero-order valence-electron chi connectivity index (χ0n) is 11.4. The van der Waals surface area contributed by atoms with Gasteiger partial charge in [-0.2, -0.15) is 4.68 Å². The van der Waals surface area contributed by atoms with E-state index in [2.05, 4.69) is 20.8 Å². The van der Waals surface area contributed by atoms with Crippen LogP contribution in [0.3, 0.4) is 0 Å². The second-order valence-corrected chi connectivity index (χ2v) is 4.91. The minimum Gasteiger partial charge on any atom is -0.322 e. The number of anilines is 1. The molecule has 6 nitrogen and oxygen atoms in total. The van der Waals surface area contributed by atoms with Gasteiger partial charge < -0.3 is 5.32 Å². The molecule has 0 aliphatic heterocycles. The average molecular weight is 336 g/mol. The standard InChI is InChI=1S/C14H8ClF2N5O/c15-11-6-9(2-3-12(11)17)19-14(23)10-5-8(16)1-4-13(10)22-7-18-20-21-22/h1-7H,(H,19,23). The largest absolute Gasteiger partial charge is 0.322 e. The first-order valence-corrected chi connectivity index (χ1v) is 6.72. The zero-order chi connectivity index (χ0) is 16.4. The monoisotopic (exact) mass is 335 g/mol. The van der Waals surface area contributed by atoms with Gasteiger partial charge in [0.05, 0.1) is 16.3 Å². The molecule has 3 rings (SSSR count). The lowest BCUT2D eigenvalue weighted by molar-refractivity contribution is 0.102. The van der Waals surface area contributed by atoms with E-state index in [1.807, 2.05) is 0 Å². The molecule has 1 aromatic heterocycles. The first-order valence-electron chi connectivity index (χ1n) is 6.34. The van der Waals surface area contributed by atoms with Gasteiger partial charge in [-0.3, -0.25) is 4.79 Å². The molecule has 0 saturated heterocycles. The Hall–Kier alpha value is -2.87. The van der Waals surface area contributed by atoms with E-state index in [-0.39, 0.29) is 16.3 Å². The first-order chi connectivity index (χ1) is 11.0. The number of carbonyl (C=O) groups is 1. The molecule has 0 fully saturated rings. The van der Waals surface area contributed by atoms with Gasteiger partial charge in [-0.15, -0.1) is 5.10 Å². The molecule has 1 heterocycles. The summed E-state index contributed by atoms with van der Waals surface area (Å²) in [6, 6.07) is 7.32. The fourth-order valence-corrected chi connectivity index (χ4v) is 2.11.